The average molecular weight is 226 g/mol. The molecule has 0 amide bonds. The quantitative estimate of drug-likeness (QED) is 0.487. The lowest BCUT2D eigenvalue weighted by molar-refractivity contribution is -0.148. The maximum absolute atomic E-state index is 12.3. The summed E-state index contributed by atoms with van der Waals surface area (Å²) < 4.78 is 41.5. The van der Waals surface area contributed by atoms with E-state index in [0.29, 0.717) is 0 Å². The Morgan fingerprint density at radius 1 is 1.13 bits per heavy atom. The molecule has 0 unspecified atom stereocenters. The van der Waals surface area contributed by atoms with Crippen molar-refractivity contribution in [2.75, 3.05) is 26.6 Å². The van der Waals surface area contributed by atoms with Gasteiger partial charge < -0.3 is 4.74 Å². The summed E-state index contributed by atoms with van der Waals surface area (Å²) in [5.74, 6) is -2.00. The highest BCUT2D eigenvalue weighted by atomic mass is 19.1. The molecule has 0 aromatic rings. The summed E-state index contributed by atoms with van der Waals surface area (Å²) >= 11 is 0. The molecule has 0 fully saturated rings. The fourth-order valence-corrected chi connectivity index (χ4v) is 0.861. The SMILES string of the molecule is CCOC(=O)CC(=O)C(CF)(CF)CF. The molecule has 0 radical (unpaired) electrons. The number of esters is 1. The fraction of sp³-hybridized carbons (Fsp3) is 0.778. The number of ether oxygens (including phenoxy) is 1. The second-order valence-corrected chi connectivity index (χ2v) is 3.09. The van der Waals surface area contributed by atoms with E-state index in [0.717, 1.165) is 0 Å². The molecule has 3 nitrogen and oxygen atoms in total. The van der Waals surface area contributed by atoms with Crippen molar-refractivity contribution in [3.8, 4) is 0 Å². The Balaban J connectivity index is 4.45. The normalized spacial score (nSPS) is 11.2. The minimum atomic E-state index is -2.33. The van der Waals surface area contributed by atoms with Gasteiger partial charge in [0.15, 0.2) is 5.78 Å². The van der Waals surface area contributed by atoms with Gasteiger partial charge in [0.1, 0.15) is 31.9 Å². The van der Waals surface area contributed by atoms with E-state index in [1.165, 1.54) is 6.92 Å². The predicted molar refractivity (Wildman–Crippen MR) is 46.6 cm³/mol. The van der Waals surface area contributed by atoms with Crippen LogP contribution in [0.4, 0.5) is 13.2 Å². The number of carbonyl (C=O) groups excluding carboxylic acids is 2. The molecule has 0 aliphatic carbocycles. The summed E-state index contributed by atoms with van der Waals surface area (Å²) in [6.07, 6.45) is -0.800. The van der Waals surface area contributed by atoms with Crippen LogP contribution in [0.1, 0.15) is 13.3 Å². The van der Waals surface area contributed by atoms with E-state index in [1.54, 1.807) is 0 Å². The molecule has 0 N–H and O–H groups in total. The monoisotopic (exact) mass is 226 g/mol. The summed E-state index contributed by atoms with van der Waals surface area (Å²) in [7, 11) is 0. The molecule has 15 heavy (non-hydrogen) atoms. The number of hydrogen-bond acceptors (Lipinski definition) is 3. The van der Waals surface area contributed by atoms with Crippen LogP contribution in [0.3, 0.4) is 0 Å². The van der Waals surface area contributed by atoms with Crippen molar-refractivity contribution in [3.63, 3.8) is 0 Å². The third kappa shape index (κ3) is 3.53. The molecule has 0 atom stereocenters. The van der Waals surface area contributed by atoms with Gasteiger partial charge in [0.05, 0.1) is 6.61 Å². The maximum Gasteiger partial charge on any atom is 0.313 e. The first-order chi connectivity index (χ1) is 7.06. The first-order valence-electron chi connectivity index (χ1n) is 4.43. The first-order valence-corrected chi connectivity index (χ1v) is 4.43. The lowest BCUT2D eigenvalue weighted by atomic mass is 9.86. The topological polar surface area (TPSA) is 43.4 Å². The second-order valence-electron chi connectivity index (χ2n) is 3.09. The average Bonchev–Trinajstić information content (AvgIpc) is 2.21. The number of halogens is 3. The van der Waals surface area contributed by atoms with E-state index < -0.39 is 43.6 Å². The Bertz CT molecular complexity index is 218. The van der Waals surface area contributed by atoms with Crippen molar-refractivity contribution in [1.29, 1.82) is 0 Å². The lowest BCUT2D eigenvalue weighted by Crippen LogP contribution is -2.39. The summed E-state index contributed by atoms with van der Waals surface area (Å²) in [4.78, 5) is 22.1. The van der Waals surface area contributed by atoms with Crippen LogP contribution in [0.15, 0.2) is 0 Å². The smallest absolute Gasteiger partial charge is 0.313 e. The molecule has 0 spiro atoms. The fourth-order valence-electron chi connectivity index (χ4n) is 0.861. The van der Waals surface area contributed by atoms with Crippen LogP contribution in [-0.4, -0.2) is 38.4 Å². The highest BCUT2D eigenvalue weighted by Gasteiger charge is 2.40. The zero-order valence-electron chi connectivity index (χ0n) is 8.39. The van der Waals surface area contributed by atoms with Gasteiger partial charge in [0, 0.05) is 0 Å². The summed E-state index contributed by atoms with van der Waals surface area (Å²) in [6, 6.07) is 0. The van der Waals surface area contributed by atoms with Gasteiger partial charge in [0.25, 0.3) is 0 Å². The van der Waals surface area contributed by atoms with E-state index in [1.807, 2.05) is 0 Å². The van der Waals surface area contributed by atoms with Gasteiger partial charge in [-0.15, -0.1) is 0 Å². The van der Waals surface area contributed by atoms with Crippen molar-refractivity contribution < 1.29 is 27.5 Å². The van der Waals surface area contributed by atoms with Gasteiger partial charge in [-0.2, -0.15) is 0 Å². The van der Waals surface area contributed by atoms with E-state index in [2.05, 4.69) is 4.74 Å². The largest absolute Gasteiger partial charge is 0.466 e. The number of carbonyl (C=O) groups is 2. The molecular weight excluding hydrogens is 213 g/mol. The van der Waals surface area contributed by atoms with Gasteiger partial charge in [-0.3, -0.25) is 9.59 Å². The lowest BCUT2D eigenvalue weighted by Gasteiger charge is -2.21. The minimum absolute atomic E-state index is 0.0555. The Hall–Kier alpha value is -1.07. The van der Waals surface area contributed by atoms with Crippen LogP contribution in [-0.2, 0) is 14.3 Å². The summed E-state index contributed by atoms with van der Waals surface area (Å²) in [5, 5.41) is 0. The van der Waals surface area contributed by atoms with E-state index >= 15 is 0 Å². The Kier molecular flexibility index (Phi) is 5.96. The highest BCUT2D eigenvalue weighted by molar-refractivity contribution is 5.99. The Labute approximate surface area is 85.6 Å². The van der Waals surface area contributed by atoms with Crippen LogP contribution in [0.25, 0.3) is 0 Å². The number of Topliss-reactive ketones (excluding diaryl/α,β-unsaturated/α-hetero) is 1. The van der Waals surface area contributed by atoms with E-state index in [4.69, 9.17) is 0 Å². The van der Waals surface area contributed by atoms with Crippen LogP contribution in [0.2, 0.25) is 0 Å². The van der Waals surface area contributed by atoms with Gasteiger partial charge in [-0.1, -0.05) is 0 Å². The summed E-state index contributed by atoms with van der Waals surface area (Å²) in [6.45, 7) is -2.80. The van der Waals surface area contributed by atoms with Crippen LogP contribution in [0.5, 0.6) is 0 Å². The van der Waals surface area contributed by atoms with Crippen molar-refractivity contribution in [2.45, 2.75) is 13.3 Å². The van der Waals surface area contributed by atoms with E-state index in [9.17, 15) is 22.8 Å². The van der Waals surface area contributed by atoms with Gasteiger partial charge in [-0.05, 0) is 6.92 Å². The van der Waals surface area contributed by atoms with Crippen molar-refractivity contribution in [1.82, 2.24) is 0 Å². The molecule has 0 aliphatic heterocycles. The second kappa shape index (κ2) is 6.42. The van der Waals surface area contributed by atoms with Crippen LogP contribution >= 0.6 is 0 Å². The van der Waals surface area contributed by atoms with Gasteiger partial charge in [0.2, 0.25) is 0 Å². The molecule has 0 bridgehead atoms. The third-order valence-corrected chi connectivity index (χ3v) is 1.97. The van der Waals surface area contributed by atoms with Gasteiger partial charge >= 0.3 is 5.97 Å². The maximum atomic E-state index is 12.3. The number of rotatable bonds is 7. The molecular formula is C9H13F3O3. The van der Waals surface area contributed by atoms with Crippen molar-refractivity contribution in [2.24, 2.45) is 5.41 Å². The third-order valence-electron chi connectivity index (χ3n) is 1.97. The number of alkyl halides is 3. The molecule has 0 aromatic carbocycles. The molecule has 6 heteroatoms. The predicted octanol–water partition coefficient (Wildman–Crippen LogP) is 1.40. The standard InChI is InChI=1S/C9H13F3O3/c1-2-15-8(14)3-7(13)9(4-10,5-11)6-12/h2-6H2,1H3. The first kappa shape index (κ1) is 13.9. The molecule has 0 heterocycles. The molecule has 0 rings (SSSR count). The van der Waals surface area contributed by atoms with Crippen LogP contribution in [0, 0.1) is 5.41 Å². The minimum Gasteiger partial charge on any atom is -0.466 e. The molecule has 0 saturated heterocycles. The van der Waals surface area contributed by atoms with Crippen molar-refractivity contribution in [3.05, 3.63) is 0 Å². The number of hydrogen-bond donors (Lipinski definition) is 0. The zero-order chi connectivity index (χ0) is 11.9. The van der Waals surface area contributed by atoms with Crippen LogP contribution < -0.4 is 0 Å². The molecule has 0 saturated carbocycles. The van der Waals surface area contributed by atoms with Gasteiger partial charge in [-0.25, -0.2) is 13.2 Å². The van der Waals surface area contributed by atoms with E-state index in [-0.39, 0.29) is 6.61 Å². The Morgan fingerprint density at radius 3 is 1.93 bits per heavy atom. The highest BCUT2D eigenvalue weighted by Crippen LogP contribution is 2.23. The molecule has 88 valence electrons. The molecule has 0 aliphatic rings. The zero-order valence-corrected chi connectivity index (χ0v) is 8.39. The summed E-state index contributed by atoms with van der Waals surface area (Å²) in [5.41, 5.74) is -2.33. The van der Waals surface area contributed by atoms with Crippen molar-refractivity contribution >= 4 is 11.8 Å². The Morgan fingerprint density at radius 2 is 1.60 bits per heavy atom. The number of ketones is 1. The molecule has 0 aromatic heterocycles.